The van der Waals surface area contributed by atoms with E-state index in [-0.39, 0.29) is 24.6 Å². The highest BCUT2D eigenvalue weighted by atomic mass is 16.6. The van der Waals surface area contributed by atoms with Crippen molar-refractivity contribution in [1.82, 2.24) is 9.80 Å². The Kier molecular flexibility index (Phi) is 5.35. The maximum Gasteiger partial charge on any atom is 0.411 e. The van der Waals surface area contributed by atoms with Crippen molar-refractivity contribution in [2.45, 2.75) is 24.5 Å². The van der Waals surface area contributed by atoms with Gasteiger partial charge in [-0.3, -0.25) is 9.69 Å². The van der Waals surface area contributed by atoms with Crippen LogP contribution in [0, 0.1) is 12.3 Å². The van der Waals surface area contributed by atoms with Gasteiger partial charge in [-0.15, -0.1) is 12.3 Å². The molecule has 2 fully saturated rings. The molecule has 2 aliphatic heterocycles. The number of benzene rings is 2. The Labute approximate surface area is 170 Å². The number of rotatable bonds is 6. The summed E-state index contributed by atoms with van der Waals surface area (Å²) in [6.45, 7) is 0.709. The number of amides is 2. The summed E-state index contributed by atoms with van der Waals surface area (Å²) in [5.41, 5.74) is 1.99. The zero-order valence-electron chi connectivity index (χ0n) is 16.0. The second-order valence-electron chi connectivity index (χ2n) is 7.10. The van der Waals surface area contributed by atoms with Crippen molar-refractivity contribution in [2.24, 2.45) is 0 Å². The van der Waals surface area contributed by atoms with Gasteiger partial charge in [-0.1, -0.05) is 72.8 Å². The molecule has 146 valence electrons. The second kappa shape index (κ2) is 8.24. The molecule has 0 aromatic heterocycles. The number of hydrogen-bond donors (Lipinski definition) is 0. The van der Waals surface area contributed by atoms with E-state index in [1.54, 1.807) is 9.80 Å². The Bertz CT molecular complexity index is 949. The fraction of sp³-hybridized carbons (Fsp3) is 0.250. The van der Waals surface area contributed by atoms with Gasteiger partial charge in [-0.25, -0.2) is 4.79 Å². The first-order valence-corrected chi connectivity index (χ1v) is 9.68. The Balaban J connectivity index is 1.62. The van der Waals surface area contributed by atoms with E-state index < -0.39 is 12.1 Å². The minimum Gasteiger partial charge on any atom is -0.447 e. The van der Waals surface area contributed by atoms with E-state index in [1.165, 1.54) is 0 Å². The molecular weight excluding hydrogens is 364 g/mol. The number of β-lactam (4-membered cyclic amide) rings is 1. The van der Waals surface area contributed by atoms with Crippen molar-refractivity contribution >= 4 is 18.1 Å². The van der Waals surface area contributed by atoms with Gasteiger partial charge in [0, 0.05) is 13.0 Å². The maximum absolute atomic E-state index is 13.0. The fourth-order valence-corrected chi connectivity index (χ4v) is 3.93. The van der Waals surface area contributed by atoms with Gasteiger partial charge in [0.05, 0.1) is 12.1 Å². The van der Waals surface area contributed by atoms with Gasteiger partial charge in [-0.05, 0) is 11.1 Å². The van der Waals surface area contributed by atoms with Crippen molar-refractivity contribution in [2.75, 3.05) is 13.2 Å². The third-order valence-corrected chi connectivity index (χ3v) is 5.40. The van der Waals surface area contributed by atoms with Crippen LogP contribution in [0.5, 0.6) is 0 Å². The Morgan fingerprint density at radius 2 is 1.76 bits per heavy atom. The molecule has 4 rings (SSSR count). The summed E-state index contributed by atoms with van der Waals surface area (Å²) in [6.07, 6.45) is 9.37. The highest BCUT2D eigenvalue weighted by molar-refractivity contribution is 5.94. The highest BCUT2D eigenvalue weighted by Gasteiger charge is 2.54. The van der Waals surface area contributed by atoms with E-state index in [4.69, 9.17) is 11.2 Å². The molecule has 0 bridgehead atoms. The highest BCUT2D eigenvalue weighted by Crippen LogP contribution is 2.37. The summed E-state index contributed by atoms with van der Waals surface area (Å²) < 4.78 is 5.33. The van der Waals surface area contributed by atoms with Crippen molar-refractivity contribution in [3.8, 4) is 12.3 Å². The predicted molar refractivity (Wildman–Crippen MR) is 111 cm³/mol. The molecule has 5 nitrogen and oxygen atoms in total. The molecule has 2 heterocycles. The minimum absolute atomic E-state index is 0.0947. The van der Waals surface area contributed by atoms with Gasteiger partial charge in [-0.2, -0.15) is 0 Å². The van der Waals surface area contributed by atoms with Crippen LogP contribution < -0.4 is 0 Å². The van der Waals surface area contributed by atoms with Crippen LogP contribution in [-0.4, -0.2) is 47.0 Å². The molecule has 2 saturated heterocycles. The standard InChI is InChI=1S/C24H22N2O3/c1-2-3-16-25-20(15-14-18-10-6-4-7-11-18)22(23(25)27)26-21(17-29-24(26)28)19-12-8-5-9-13-19/h1,4-15,20-22H,3,16-17H2/b15-14+/t20-,21-,22+/m1/s1. The van der Waals surface area contributed by atoms with E-state index >= 15 is 0 Å². The molecule has 0 saturated carbocycles. The van der Waals surface area contributed by atoms with Crippen LogP contribution in [0.1, 0.15) is 23.6 Å². The van der Waals surface area contributed by atoms with Crippen LogP contribution >= 0.6 is 0 Å². The van der Waals surface area contributed by atoms with E-state index in [0.29, 0.717) is 13.0 Å². The summed E-state index contributed by atoms with van der Waals surface area (Å²) in [7, 11) is 0. The van der Waals surface area contributed by atoms with Crippen LogP contribution in [0.4, 0.5) is 4.79 Å². The molecule has 2 amide bonds. The van der Waals surface area contributed by atoms with Crippen LogP contribution in [0.15, 0.2) is 66.7 Å². The Morgan fingerprint density at radius 3 is 2.45 bits per heavy atom. The number of likely N-dealkylation sites (tertiary alicyclic amines) is 1. The quantitative estimate of drug-likeness (QED) is 0.564. The topological polar surface area (TPSA) is 49.9 Å². The normalized spacial score (nSPS) is 23.8. The molecule has 5 heteroatoms. The lowest BCUT2D eigenvalue weighted by Crippen LogP contribution is -2.70. The van der Waals surface area contributed by atoms with Gasteiger partial charge < -0.3 is 9.64 Å². The summed E-state index contributed by atoms with van der Waals surface area (Å²) in [6, 6.07) is 18.4. The lowest BCUT2D eigenvalue weighted by Gasteiger charge is -2.49. The molecule has 0 N–H and O–H groups in total. The van der Waals surface area contributed by atoms with Crippen LogP contribution in [-0.2, 0) is 9.53 Å². The smallest absolute Gasteiger partial charge is 0.411 e. The predicted octanol–water partition coefficient (Wildman–Crippen LogP) is 3.50. The number of carbonyl (C=O) groups is 2. The summed E-state index contributed by atoms with van der Waals surface area (Å²) >= 11 is 0. The molecule has 2 aromatic carbocycles. The number of carbonyl (C=O) groups excluding carboxylic acids is 2. The van der Waals surface area contributed by atoms with E-state index in [9.17, 15) is 9.59 Å². The second-order valence-corrected chi connectivity index (χ2v) is 7.10. The average molecular weight is 386 g/mol. The first-order valence-electron chi connectivity index (χ1n) is 9.68. The number of cyclic esters (lactones) is 1. The van der Waals surface area contributed by atoms with E-state index in [1.807, 2.05) is 72.8 Å². The monoisotopic (exact) mass is 386 g/mol. The van der Waals surface area contributed by atoms with Gasteiger partial charge in [0.2, 0.25) is 5.91 Å². The lowest BCUT2D eigenvalue weighted by atomic mass is 9.90. The van der Waals surface area contributed by atoms with Crippen LogP contribution in [0.25, 0.3) is 6.08 Å². The third-order valence-electron chi connectivity index (χ3n) is 5.40. The third kappa shape index (κ3) is 3.62. The van der Waals surface area contributed by atoms with E-state index in [0.717, 1.165) is 11.1 Å². The summed E-state index contributed by atoms with van der Waals surface area (Å²) in [5, 5.41) is 0. The number of hydrogen-bond acceptors (Lipinski definition) is 3. The van der Waals surface area contributed by atoms with Crippen molar-refractivity contribution < 1.29 is 14.3 Å². The van der Waals surface area contributed by atoms with Crippen molar-refractivity contribution in [3.63, 3.8) is 0 Å². The van der Waals surface area contributed by atoms with Crippen molar-refractivity contribution in [1.29, 1.82) is 0 Å². The molecular formula is C24H22N2O3. The summed E-state index contributed by atoms with van der Waals surface area (Å²) in [4.78, 5) is 28.8. The van der Waals surface area contributed by atoms with Crippen LogP contribution in [0.3, 0.4) is 0 Å². The number of terminal acetylenes is 1. The Morgan fingerprint density at radius 1 is 1.07 bits per heavy atom. The molecule has 2 aliphatic rings. The fourth-order valence-electron chi connectivity index (χ4n) is 3.93. The number of ether oxygens (including phenoxy) is 1. The lowest BCUT2D eigenvalue weighted by molar-refractivity contribution is -0.154. The first-order chi connectivity index (χ1) is 14.2. The Hall–Kier alpha value is -3.52. The zero-order valence-corrected chi connectivity index (χ0v) is 16.0. The largest absolute Gasteiger partial charge is 0.447 e. The SMILES string of the molecule is C#CCCN1C(=O)[C@@H](N2C(=O)OC[C@@H]2c2ccccc2)[C@H]1/C=C/c1ccccc1. The molecule has 0 aliphatic carbocycles. The van der Waals surface area contributed by atoms with Gasteiger partial charge in [0.25, 0.3) is 0 Å². The minimum atomic E-state index is -0.590. The molecule has 2 aromatic rings. The molecule has 3 atom stereocenters. The van der Waals surface area contributed by atoms with Gasteiger partial charge in [0.1, 0.15) is 12.6 Å². The molecule has 0 unspecified atom stereocenters. The van der Waals surface area contributed by atoms with Gasteiger partial charge in [0.15, 0.2) is 0 Å². The zero-order chi connectivity index (χ0) is 20.2. The van der Waals surface area contributed by atoms with E-state index in [2.05, 4.69) is 5.92 Å². The summed E-state index contributed by atoms with van der Waals surface area (Å²) in [5.74, 6) is 2.49. The average Bonchev–Trinajstić information content (AvgIpc) is 3.13. The van der Waals surface area contributed by atoms with Crippen LogP contribution in [0.2, 0.25) is 0 Å². The molecule has 0 radical (unpaired) electrons. The number of nitrogens with zero attached hydrogens (tertiary/aromatic N) is 2. The van der Waals surface area contributed by atoms with Gasteiger partial charge >= 0.3 is 6.09 Å². The van der Waals surface area contributed by atoms with Crippen molar-refractivity contribution in [3.05, 3.63) is 77.9 Å². The first kappa shape index (κ1) is 18.8. The molecule has 29 heavy (non-hydrogen) atoms. The molecule has 0 spiro atoms. The maximum atomic E-state index is 13.0.